The van der Waals surface area contributed by atoms with E-state index in [1.807, 2.05) is 0 Å². The fraction of sp³-hybridized carbons (Fsp3) is 1.00. The SMILES string of the molecule is COCO/N=[N+](/C)[O-]. The molecule has 0 radical (unpaired) electrons. The van der Waals surface area contributed by atoms with Gasteiger partial charge in [-0.25, -0.2) is 0 Å². The van der Waals surface area contributed by atoms with Crippen LogP contribution in [0.1, 0.15) is 0 Å². The van der Waals surface area contributed by atoms with Gasteiger partial charge in [-0.1, -0.05) is 4.86 Å². The van der Waals surface area contributed by atoms with Crippen LogP contribution in [-0.4, -0.2) is 25.8 Å². The van der Waals surface area contributed by atoms with Crippen LogP contribution in [0.5, 0.6) is 0 Å². The van der Waals surface area contributed by atoms with Crippen molar-refractivity contribution in [1.82, 2.24) is 0 Å². The Morgan fingerprint density at radius 1 is 1.75 bits per heavy atom. The van der Waals surface area contributed by atoms with Gasteiger partial charge < -0.3 is 14.8 Å². The highest BCUT2D eigenvalue weighted by Crippen LogP contribution is 1.74. The Hall–Kier alpha value is -0.840. The van der Waals surface area contributed by atoms with Crippen molar-refractivity contribution in [3.63, 3.8) is 0 Å². The normalized spacial score (nSPS) is 11.5. The van der Waals surface area contributed by atoms with Crippen LogP contribution < -0.4 is 0 Å². The Labute approximate surface area is 47.1 Å². The predicted molar refractivity (Wildman–Crippen MR) is 24.9 cm³/mol. The summed E-state index contributed by atoms with van der Waals surface area (Å²) in [4.78, 5) is 4.57. The molecule has 0 amide bonds. The largest absolute Gasteiger partial charge is 0.598 e. The van der Waals surface area contributed by atoms with Gasteiger partial charge in [-0.3, -0.25) is 0 Å². The number of nitrogens with zero attached hydrogens (tertiary/aromatic N) is 2. The van der Waals surface area contributed by atoms with Crippen molar-refractivity contribution in [1.29, 1.82) is 0 Å². The van der Waals surface area contributed by atoms with Crippen LogP contribution in [0.4, 0.5) is 0 Å². The summed E-state index contributed by atoms with van der Waals surface area (Å²) in [6.45, 7) is 0.00653. The average molecular weight is 120 g/mol. The van der Waals surface area contributed by atoms with Gasteiger partial charge in [-0.2, -0.15) is 0 Å². The first-order chi connectivity index (χ1) is 3.77. The number of hydrogen-bond acceptors (Lipinski definition) is 4. The van der Waals surface area contributed by atoms with E-state index in [0.29, 0.717) is 4.86 Å². The lowest BCUT2D eigenvalue weighted by Crippen LogP contribution is -1.94. The smallest absolute Gasteiger partial charge is 0.222 e. The zero-order valence-electron chi connectivity index (χ0n) is 4.83. The second kappa shape index (κ2) is 4.32. The van der Waals surface area contributed by atoms with Gasteiger partial charge in [0.1, 0.15) is 0 Å². The van der Waals surface area contributed by atoms with Gasteiger partial charge in [0.05, 0.1) is 0 Å². The molecule has 0 fully saturated rings. The zero-order chi connectivity index (χ0) is 6.41. The molecule has 0 rings (SSSR count). The standard InChI is InChI=1S/C3H8N2O3/c1-5(6)4-8-3-7-2/h3H2,1-2H3/b5-4-. The van der Waals surface area contributed by atoms with E-state index in [-0.39, 0.29) is 6.79 Å². The van der Waals surface area contributed by atoms with Crippen molar-refractivity contribution >= 4 is 0 Å². The van der Waals surface area contributed by atoms with Crippen molar-refractivity contribution in [3.05, 3.63) is 5.21 Å². The third kappa shape index (κ3) is 5.16. The zero-order valence-corrected chi connectivity index (χ0v) is 4.83. The van der Waals surface area contributed by atoms with Crippen LogP contribution in [0.15, 0.2) is 5.28 Å². The summed E-state index contributed by atoms with van der Waals surface area (Å²) >= 11 is 0. The lowest BCUT2D eigenvalue weighted by Gasteiger charge is -1.92. The van der Waals surface area contributed by atoms with Crippen molar-refractivity contribution < 1.29 is 14.4 Å². The Balaban J connectivity index is 3.03. The lowest BCUT2D eigenvalue weighted by molar-refractivity contribution is -0.533. The molecule has 0 heterocycles. The van der Waals surface area contributed by atoms with E-state index >= 15 is 0 Å². The molecule has 0 aliphatic carbocycles. The molecule has 0 saturated carbocycles. The molecule has 8 heavy (non-hydrogen) atoms. The number of hydrogen-bond donors (Lipinski definition) is 0. The van der Waals surface area contributed by atoms with Crippen LogP contribution in [0.2, 0.25) is 0 Å². The summed E-state index contributed by atoms with van der Waals surface area (Å²) in [6, 6.07) is 0. The first kappa shape index (κ1) is 7.16. The minimum absolute atomic E-state index is 0.00653. The fourth-order valence-corrected chi connectivity index (χ4v) is 0.158. The van der Waals surface area contributed by atoms with Gasteiger partial charge in [-0.15, -0.1) is 0 Å². The summed E-state index contributed by atoms with van der Waals surface area (Å²) in [5, 5.41) is 12.9. The number of hydroxylamine groups is 1. The lowest BCUT2D eigenvalue weighted by atomic mass is 11.4. The van der Waals surface area contributed by atoms with Crippen molar-refractivity contribution in [2.75, 3.05) is 21.0 Å². The van der Waals surface area contributed by atoms with Gasteiger partial charge in [0.25, 0.3) is 0 Å². The molecule has 0 atom stereocenters. The van der Waals surface area contributed by atoms with E-state index in [0.717, 1.165) is 0 Å². The first-order valence-corrected chi connectivity index (χ1v) is 2.00. The van der Waals surface area contributed by atoms with Crippen LogP contribution in [-0.2, 0) is 9.57 Å². The summed E-state index contributed by atoms with van der Waals surface area (Å²) in [5.41, 5.74) is 0. The van der Waals surface area contributed by atoms with Gasteiger partial charge in [0.15, 0.2) is 7.05 Å². The van der Waals surface area contributed by atoms with E-state index in [4.69, 9.17) is 0 Å². The van der Waals surface area contributed by atoms with Gasteiger partial charge in [-0.05, 0) is 0 Å². The molecule has 5 heteroatoms. The van der Waals surface area contributed by atoms with Crippen LogP contribution in [0.3, 0.4) is 0 Å². The molecule has 0 aliphatic rings. The maximum Gasteiger partial charge on any atom is 0.222 e. The van der Waals surface area contributed by atoms with E-state index in [1.165, 1.54) is 14.2 Å². The maximum atomic E-state index is 9.89. The van der Waals surface area contributed by atoms with Crippen LogP contribution in [0, 0.1) is 5.21 Å². The Bertz CT molecular complexity index is 78.6. The molecule has 48 valence electrons. The second-order valence-corrected chi connectivity index (χ2v) is 1.08. The van der Waals surface area contributed by atoms with Crippen LogP contribution in [0.25, 0.3) is 0 Å². The molecule has 0 aromatic heterocycles. The van der Waals surface area contributed by atoms with Crippen molar-refractivity contribution in [2.45, 2.75) is 0 Å². The maximum absolute atomic E-state index is 9.89. The Morgan fingerprint density at radius 3 is 2.75 bits per heavy atom. The summed E-state index contributed by atoms with van der Waals surface area (Å²) < 4.78 is 4.41. The van der Waals surface area contributed by atoms with E-state index in [1.54, 1.807) is 0 Å². The minimum atomic E-state index is 0.00653. The predicted octanol–water partition coefficient (Wildman–Crippen LogP) is 0.114. The van der Waals surface area contributed by atoms with Gasteiger partial charge in [0, 0.05) is 7.11 Å². The second-order valence-electron chi connectivity index (χ2n) is 1.08. The van der Waals surface area contributed by atoms with E-state index in [9.17, 15) is 5.21 Å². The van der Waals surface area contributed by atoms with Crippen molar-refractivity contribution in [3.8, 4) is 0 Å². The summed E-state index contributed by atoms with van der Waals surface area (Å²) in [7, 11) is 2.66. The number of methoxy groups -OCH3 is 1. The minimum Gasteiger partial charge on any atom is -0.598 e. The summed E-state index contributed by atoms with van der Waals surface area (Å²) in [5.74, 6) is 0. The summed E-state index contributed by atoms with van der Waals surface area (Å²) in [6.07, 6.45) is 0. The quantitative estimate of drug-likeness (QED) is 0.175. The van der Waals surface area contributed by atoms with E-state index < -0.39 is 0 Å². The molecule has 0 saturated heterocycles. The van der Waals surface area contributed by atoms with Gasteiger partial charge in [0.2, 0.25) is 12.1 Å². The highest BCUT2D eigenvalue weighted by molar-refractivity contribution is 3.89. The third-order valence-corrected chi connectivity index (χ3v) is 0.343. The molecule has 0 N–H and O–H groups in total. The molecule has 0 spiro atoms. The number of ether oxygens (including phenoxy) is 1. The molecule has 0 aromatic carbocycles. The molecular formula is C3H8N2O3. The monoisotopic (exact) mass is 120 g/mol. The molecule has 0 aromatic rings. The topological polar surface area (TPSA) is 56.9 Å². The van der Waals surface area contributed by atoms with E-state index in [2.05, 4.69) is 14.9 Å². The first-order valence-electron chi connectivity index (χ1n) is 2.00. The average Bonchev–Trinajstić information content (AvgIpc) is 1.66. The van der Waals surface area contributed by atoms with Crippen LogP contribution >= 0.6 is 0 Å². The Kier molecular flexibility index (Phi) is 3.87. The van der Waals surface area contributed by atoms with Gasteiger partial charge >= 0.3 is 0 Å². The molecule has 0 unspecified atom stereocenters. The number of rotatable bonds is 3. The molecular weight excluding hydrogens is 112 g/mol. The van der Waals surface area contributed by atoms with Crippen molar-refractivity contribution in [2.24, 2.45) is 5.28 Å². The molecule has 5 nitrogen and oxygen atoms in total. The third-order valence-electron chi connectivity index (χ3n) is 0.343. The highest BCUT2D eigenvalue weighted by Gasteiger charge is 1.79. The highest BCUT2D eigenvalue weighted by atomic mass is 16.8. The molecule has 0 aliphatic heterocycles. The Morgan fingerprint density at radius 2 is 2.38 bits per heavy atom. The molecule has 0 bridgehead atoms. The fourth-order valence-electron chi connectivity index (χ4n) is 0.158.